The summed E-state index contributed by atoms with van der Waals surface area (Å²) in [6.45, 7) is 0.121. The summed E-state index contributed by atoms with van der Waals surface area (Å²) in [5, 5.41) is -0.314. The van der Waals surface area contributed by atoms with Crippen LogP contribution in [0.3, 0.4) is 0 Å². The van der Waals surface area contributed by atoms with Crippen molar-refractivity contribution in [1.82, 2.24) is 0 Å². The Morgan fingerprint density at radius 1 is 1.32 bits per heavy atom. The minimum Gasteiger partial charge on any atom is -0.330 e. The average molecular weight is 317 g/mol. The lowest BCUT2D eigenvalue weighted by molar-refractivity contribution is -0.136. The molecule has 0 amide bonds. The van der Waals surface area contributed by atoms with Crippen molar-refractivity contribution in [3.63, 3.8) is 0 Å². The number of sulfonamides is 1. The minimum absolute atomic E-state index is 0.121. The van der Waals surface area contributed by atoms with Crippen molar-refractivity contribution in [3.05, 3.63) is 28.8 Å². The molecular weight excluding hydrogens is 305 g/mol. The molecule has 0 radical (unpaired) electrons. The van der Waals surface area contributed by atoms with E-state index in [4.69, 9.17) is 17.3 Å². The van der Waals surface area contributed by atoms with Crippen LogP contribution in [-0.2, 0) is 16.2 Å². The Labute approximate surface area is 113 Å². The van der Waals surface area contributed by atoms with E-state index in [1.807, 2.05) is 4.72 Å². The molecule has 0 saturated heterocycles. The fourth-order valence-corrected chi connectivity index (χ4v) is 2.80. The predicted octanol–water partition coefficient (Wildman–Crippen LogP) is 2.45. The van der Waals surface area contributed by atoms with E-state index in [-0.39, 0.29) is 23.7 Å². The fourth-order valence-electron chi connectivity index (χ4n) is 1.34. The maximum atomic E-state index is 12.7. The van der Waals surface area contributed by atoms with E-state index in [0.29, 0.717) is 0 Å². The van der Waals surface area contributed by atoms with E-state index < -0.39 is 27.5 Å². The average Bonchev–Trinajstić information content (AvgIpc) is 2.27. The lowest BCUT2D eigenvalue weighted by Gasteiger charge is -2.15. The number of hydrogen-bond acceptors (Lipinski definition) is 3. The quantitative estimate of drug-likeness (QED) is 0.876. The van der Waals surface area contributed by atoms with Crippen molar-refractivity contribution >= 4 is 27.3 Å². The van der Waals surface area contributed by atoms with E-state index >= 15 is 0 Å². The number of rotatable bonds is 5. The number of alkyl halides is 3. The second kappa shape index (κ2) is 5.98. The Kier molecular flexibility index (Phi) is 5.05. The van der Waals surface area contributed by atoms with Crippen molar-refractivity contribution in [3.8, 4) is 0 Å². The SMILES string of the molecule is NCCCS(=O)(=O)Nc1c(Cl)cccc1C(F)(F)F. The molecule has 0 aliphatic carbocycles. The van der Waals surface area contributed by atoms with Gasteiger partial charge < -0.3 is 5.73 Å². The number of anilines is 1. The molecular formula is C10H12ClF3N2O2S. The van der Waals surface area contributed by atoms with Gasteiger partial charge in [0.25, 0.3) is 0 Å². The summed E-state index contributed by atoms with van der Waals surface area (Å²) in [4.78, 5) is 0. The molecule has 0 fully saturated rings. The standard InChI is InChI=1S/C10H12ClF3N2O2S/c11-8-4-1-3-7(10(12,13)14)9(8)16-19(17,18)6-2-5-15/h1,3-4,16H,2,5-6,15H2. The van der Waals surface area contributed by atoms with E-state index in [2.05, 4.69) is 0 Å². The Balaban J connectivity index is 3.14. The van der Waals surface area contributed by atoms with Gasteiger partial charge in [-0.3, -0.25) is 4.72 Å². The van der Waals surface area contributed by atoms with Crippen LogP contribution in [0.25, 0.3) is 0 Å². The van der Waals surface area contributed by atoms with E-state index in [9.17, 15) is 21.6 Å². The first-order valence-corrected chi connectivity index (χ1v) is 7.26. The molecule has 0 heterocycles. The van der Waals surface area contributed by atoms with E-state index in [1.54, 1.807) is 0 Å². The predicted molar refractivity (Wildman–Crippen MR) is 67.5 cm³/mol. The third-order valence-corrected chi connectivity index (χ3v) is 3.85. The third kappa shape index (κ3) is 4.55. The normalized spacial score (nSPS) is 12.5. The van der Waals surface area contributed by atoms with Crippen LogP contribution < -0.4 is 10.5 Å². The topological polar surface area (TPSA) is 72.2 Å². The molecule has 0 unspecified atom stereocenters. The maximum absolute atomic E-state index is 12.7. The van der Waals surface area contributed by atoms with Crippen LogP contribution in [0.15, 0.2) is 18.2 Å². The highest BCUT2D eigenvalue weighted by Crippen LogP contribution is 2.38. The Hall–Kier alpha value is -0.990. The van der Waals surface area contributed by atoms with E-state index in [1.165, 1.54) is 6.07 Å². The van der Waals surface area contributed by atoms with Crippen LogP contribution in [0.1, 0.15) is 12.0 Å². The van der Waals surface area contributed by atoms with Gasteiger partial charge in [0.15, 0.2) is 0 Å². The molecule has 0 saturated carbocycles. The zero-order valence-electron chi connectivity index (χ0n) is 9.67. The number of nitrogens with one attached hydrogen (secondary N) is 1. The van der Waals surface area contributed by atoms with Crippen molar-refractivity contribution in [2.75, 3.05) is 17.0 Å². The molecule has 0 aliphatic heterocycles. The highest BCUT2D eigenvalue weighted by atomic mass is 35.5. The number of halogens is 4. The zero-order chi connectivity index (χ0) is 14.7. The van der Waals surface area contributed by atoms with Crippen LogP contribution in [-0.4, -0.2) is 20.7 Å². The number of benzene rings is 1. The highest BCUT2D eigenvalue weighted by Gasteiger charge is 2.35. The zero-order valence-corrected chi connectivity index (χ0v) is 11.2. The van der Waals surface area contributed by atoms with Gasteiger partial charge in [-0.25, -0.2) is 8.42 Å². The minimum atomic E-state index is -4.70. The maximum Gasteiger partial charge on any atom is 0.418 e. The van der Waals surface area contributed by atoms with Crippen molar-refractivity contribution < 1.29 is 21.6 Å². The Morgan fingerprint density at radius 3 is 2.47 bits per heavy atom. The summed E-state index contributed by atoms with van der Waals surface area (Å²) in [7, 11) is -3.92. The lowest BCUT2D eigenvalue weighted by Crippen LogP contribution is -2.21. The monoisotopic (exact) mass is 316 g/mol. The number of hydrogen-bond donors (Lipinski definition) is 2. The van der Waals surface area contributed by atoms with Crippen molar-refractivity contribution in [1.29, 1.82) is 0 Å². The van der Waals surface area contributed by atoms with Gasteiger partial charge >= 0.3 is 6.18 Å². The first-order valence-electron chi connectivity index (χ1n) is 5.23. The second-order valence-electron chi connectivity index (χ2n) is 3.72. The molecule has 19 heavy (non-hydrogen) atoms. The van der Waals surface area contributed by atoms with Gasteiger partial charge in [0.05, 0.1) is 22.0 Å². The van der Waals surface area contributed by atoms with Crippen LogP contribution in [0.4, 0.5) is 18.9 Å². The molecule has 9 heteroatoms. The molecule has 1 aromatic rings. The second-order valence-corrected chi connectivity index (χ2v) is 5.97. The summed E-state index contributed by atoms with van der Waals surface area (Å²) in [6.07, 6.45) is -4.56. The molecule has 4 nitrogen and oxygen atoms in total. The molecule has 0 aliphatic rings. The highest BCUT2D eigenvalue weighted by molar-refractivity contribution is 7.92. The molecule has 1 rings (SSSR count). The molecule has 0 aromatic heterocycles. The summed E-state index contributed by atoms with van der Waals surface area (Å²) in [6, 6.07) is 3.03. The van der Waals surface area contributed by atoms with Crippen molar-refractivity contribution in [2.24, 2.45) is 5.73 Å². The summed E-state index contributed by atoms with van der Waals surface area (Å²) < 4.78 is 63.3. The fraction of sp³-hybridized carbons (Fsp3) is 0.400. The van der Waals surface area contributed by atoms with E-state index in [0.717, 1.165) is 12.1 Å². The van der Waals surface area contributed by atoms with Gasteiger partial charge in [-0.1, -0.05) is 17.7 Å². The van der Waals surface area contributed by atoms with Crippen LogP contribution >= 0.6 is 11.6 Å². The molecule has 3 N–H and O–H groups in total. The first kappa shape index (κ1) is 16.1. The van der Waals surface area contributed by atoms with Crippen molar-refractivity contribution in [2.45, 2.75) is 12.6 Å². The Morgan fingerprint density at radius 2 is 1.95 bits per heavy atom. The number of nitrogens with two attached hydrogens (primary N) is 1. The van der Waals surface area contributed by atoms with Gasteiger partial charge in [-0.05, 0) is 25.1 Å². The van der Waals surface area contributed by atoms with Gasteiger partial charge in [0.2, 0.25) is 10.0 Å². The number of para-hydroxylation sites is 1. The third-order valence-electron chi connectivity index (χ3n) is 2.19. The van der Waals surface area contributed by atoms with Gasteiger partial charge in [-0.15, -0.1) is 0 Å². The molecule has 108 valence electrons. The molecule has 0 bridgehead atoms. The first-order chi connectivity index (χ1) is 8.67. The molecule has 0 spiro atoms. The van der Waals surface area contributed by atoms with Crippen LogP contribution in [0.2, 0.25) is 5.02 Å². The van der Waals surface area contributed by atoms with Gasteiger partial charge in [0.1, 0.15) is 0 Å². The lowest BCUT2D eigenvalue weighted by atomic mass is 10.2. The van der Waals surface area contributed by atoms with Crippen LogP contribution in [0, 0.1) is 0 Å². The van der Waals surface area contributed by atoms with Gasteiger partial charge in [0, 0.05) is 0 Å². The summed E-state index contributed by atoms with van der Waals surface area (Å²) in [5.74, 6) is -0.369. The summed E-state index contributed by atoms with van der Waals surface area (Å²) in [5.41, 5.74) is 3.37. The molecule has 0 atom stereocenters. The van der Waals surface area contributed by atoms with Crippen LogP contribution in [0.5, 0.6) is 0 Å². The van der Waals surface area contributed by atoms with Gasteiger partial charge in [-0.2, -0.15) is 13.2 Å². The Bertz CT molecular complexity index is 546. The largest absolute Gasteiger partial charge is 0.418 e. The molecule has 1 aromatic carbocycles. The summed E-state index contributed by atoms with van der Waals surface area (Å²) >= 11 is 5.62. The smallest absolute Gasteiger partial charge is 0.330 e.